The number of nitrogens with one attached hydrogen (secondary N) is 2. The summed E-state index contributed by atoms with van der Waals surface area (Å²) in [5.41, 5.74) is 0.832. The summed E-state index contributed by atoms with van der Waals surface area (Å²) in [5.74, 6) is 0.583. The molecule has 0 radical (unpaired) electrons. The number of ether oxygens (including phenoxy) is 1. The molecule has 130 valence electrons. The molecule has 5 nitrogen and oxygen atoms in total. The van der Waals surface area contributed by atoms with Crippen molar-refractivity contribution in [1.82, 2.24) is 15.2 Å². The molecule has 1 fully saturated rings. The Balaban J connectivity index is 1.75. The minimum absolute atomic E-state index is 0.155. The van der Waals surface area contributed by atoms with Crippen LogP contribution in [0.4, 0.5) is 4.79 Å². The maximum Gasteiger partial charge on any atom is 0.407 e. The Labute approximate surface area is 139 Å². The van der Waals surface area contributed by atoms with Gasteiger partial charge >= 0.3 is 6.09 Å². The van der Waals surface area contributed by atoms with Crippen molar-refractivity contribution in [3.8, 4) is 0 Å². The molecule has 1 aromatic rings. The van der Waals surface area contributed by atoms with E-state index in [4.69, 9.17) is 4.74 Å². The minimum atomic E-state index is -0.451. The Morgan fingerprint density at radius 3 is 2.78 bits per heavy atom. The van der Waals surface area contributed by atoms with Gasteiger partial charge in [0, 0.05) is 38.1 Å². The van der Waals surface area contributed by atoms with Gasteiger partial charge in [0.1, 0.15) is 5.60 Å². The molecule has 1 atom stereocenters. The van der Waals surface area contributed by atoms with E-state index in [-0.39, 0.29) is 12.1 Å². The molecule has 0 aliphatic heterocycles. The molecule has 2 N–H and O–H groups in total. The summed E-state index contributed by atoms with van der Waals surface area (Å²) in [6, 6.07) is 2.30. The van der Waals surface area contributed by atoms with E-state index in [1.807, 2.05) is 20.8 Å². The maximum atomic E-state index is 11.9. The SMILES string of the molecule is CCCn1ccc(CNCC(NC(=O)OC(C)(C)C)C2CC2)c1. The second kappa shape index (κ2) is 7.86. The van der Waals surface area contributed by atoms with Gasteiger partial charge in [-0.2, -0.15) is 0 Å². The van der Waals surface area contributed by atoms with Crippen LogP contribution in [0, 0.1) is 5.92 Å². The number of carbonyl (C=O) groups excluding carboxylic acids is 1. The monoisotopic (exact) mass is 321 g/mol. The van der Waals surface area contributed by atoms with Crippen molar-refractivity contribution < 1.29 is 9.53 Å². The van der Waals surface area contributed by atoms with Gasteiger partial charge in [-0.1, -0.05) is 6.92 Å². The van der Waals surface area contributed by atoms with Crippen molar-refractivity contribution in [2.24, 2.45) is 5.92 Å². The van der Waals surface area contributed by atoms with Gasteiger partial charge in [0.25, 0.3) is 0 Å². The van der Waals surface area contributed by atoms with Crippen LogP contribution < -0.4 is 10.6 Å². The molecule has 0 bridgehead atoms. The predicted molar refractivity (Wildman–Crippen MR) is 92.3 cm³/mol. The molecule has 1 aliphatic carbocycles. The lowest BCUT2D eigenvalue weighted by Gasteiger charge is -2.24. The van der Waals surface area contributed by atoms with Gasteiger partial charge in [0.15, 0.2) is 0 Å². The van der Waals surface area contributed by atoms with E-state index in [1.54, 1.807) is 0 Å². The van der Waals surface area contributed by atoms with Crippen LogP contribution in [-0.2, 0) is 17.8 Å². The van der Waals surface area contributed by atoms with E-state index in [2.05, 4.69) is 40.6 Å². The summed E-state index contributed by atoms with van der Waals surface area (Å²) in [6.45, 7) is 10.5. The van der Waals surface area contributed by atoms with Gasteiger partial charge in [-0.05, 0) is 57.6 Å². The van der Waals surface area contributed by atoms with Crippen LogP contribution in [0.3, 0.4) is 0 Å². The molecule has 1 heterocycles. The topological polar surface area (TPSA) is 55.3 Å². The van der Waals surface area contributed by atoms with Gasteiger partial charge in [0.05, 0.1) is 0 Å². The third-order valence-corrected chi connectivity index (χ3v) is 3.88. The Morgan fingerprint density at radius 2 is 2.17 bits per heavy atom. The standard InChI is InChI=1S/C18H31N3O2/c1-5-9-21-10-8-14(13-21)11-19-12-16(15-6-7-15)20-17(22)23-18(2,3)4/h8,10,13,15-16,19H,5-7,9,11-12H2,1-4H3,(H,20,22). The molecule has 1 saturated carbocycles. The molecule has 2 rings (SSSR count). The first-order chi connectivity index (χ1) is 10.9. The van der Waals surface area contributed by atoms with Crippen molar-refractivity contribution >= 4 is 6.09 Å². The number of aryl methyl sites for hydroxylation is 1. The first-order valence-electron chi connectivity index (χ1n) is 8.72. The highest BCUT2D eigenvalue weighted by Crippen LogP contribution is 2.32. The highest BCUT2D eigenvalue weighted by molar-refractivity contribution is 5.68. The van der Waals surface area contributed by atoms with Crippen molar-refractivity contribution in [3.63, 3.8) is 0 Å². The van der Waals surface area contributed by atoms with Gasteiger partial charge in [-0.3, -0.25) is 0 Å². The van der Waals surface area contributed by atoms with E-state index < -0.39 is 5.60 Å². The smallest absolute Gasteiger partial charge is 0.407 e. The zero-order chi connectivity index (χ0) is 16.9. The molecule has 0 spiro atoms. The number of nitrogens with zero attached hydrogens (tertiary/aromatic N) is 1. The summed E-state index contributed by atoms with van der Waals surface area (Å²) < 4.78 is 7.58. The fourth-order valence-electron chi connectivity index (χ4n) is 2.66. The van der Waals surface area contributed by atoms with Crippen molar-refractivity contribution in [3.05, 3.63) is 24.0 Å². The Kier molecular flexibility index (Phi) is 6.10. The Bertz CT molecular complexity index is 501. The number of alkyl carbamates (subject to hydrolysis) is 1. The predicted octanol–water partition coefficient (Wildman–Crippen LogP) is 3.29. The van der Waals surface area contributed by atoms with E-state index in [1.165, 1.54) is 18.4 Å². The third kappa shape index (κ3) is 6.65. The lowest BCUT2D eigenvalue weighted by molar-refractivity contribution is 0.0497. The van der Waals surface area contributed by atoms with Crippen LogP contribution in [0.5, 0.6) is 0 Å². The van der Waals surface area contributed by atoms with Gasteiger partial charge in [0.2, 0.25) is 0 Å². The number of carbonyl (C=O) groups is 1. The molecule has 23 heavy (non-hydrogen) atoms. The second-order valence-corrected chi connectivity index (χ2v) is 7.48. The lowest BCUT2D eigenvalue weighted by Crippen LogP contribution is -2.45. The molecular formula is C18H31N3O2. The average molecular weight is 321 g/mol. The van der Waals surface area contributed by atoms with E-state index >= 15 is 0 Å². The first kappa shape index (κ1) is 17.9. The molecule has 0 saturated heterocycles. The first-order valence-corrected chi connectivity index (χ1v) is 8.72. The fraction of sp³-hybridized carbons (Fsp3) is 0.722. The molecule has 1 unspecified atom stereocenters. The molecule has 0 aromatic carbocycles. The highest BCUT2D eigenvalue weighted by atomic mass is 16.6. The third-order valence-electron chi connectivity index (χ3n) is 3.88. The normalized spacial score (nSPS) is 16.2. The van der Waals surface area contributed by atoms with Crippen LogP contribution in [0.15, 0.2) is 18.5 Å². The van der Waals surface area contributed by atoms with Gasteiger partial charge in [-0.25, -0.2) is 4.79 Å². The second-order valence-electron chi connectivity index (χ2n) is 7.48. The van der Waals surface area contributed by atoms with E-state index in [0.717, 1.165) is 26.1 Å². The maximum absolute atomic E-state index is 11.9. The Hall–Kier alpha value is -1.49. The number of aromatic nitrogens is 1. The van der Waals surface area contributed by atoms with Crippen LogP contribution in [0.25, 0.3) is 0 Å². The molecule has 5 heteroatoms. The summed E-state index contributed by atoms with van der Waals surface area (Å²) in [7, 11) is 0. The van der Waals surface area contributed by atoms with E-state index in [9.17, 15) is 4.79 Å². The number of hydrogen-bond donors (Lipinski definition) is 2. The van der Waals surface area contributed by atoms with Crippen molar-refractivity contribution in [2.45, 2.75) is 71.7 Å². The van der Waals surface area contributed by atoms with Crippen LogP contribution >= 0.6 is 0 Å². The van der Waals surface area contributed by atoms with Crippen LogP contribution in [-0.4, -0.2) is 28.8 Å². The molecule has 1 aliphatic rings. The minimum Gasteiger partial charge on any atom is -0.444 e. The summed E-state index contributed by atoms with van der Waals surface area (Å²) in [4.78, 5) is 11.9. The lowest BCUT2D eigenvalue weighted by atomic mass is 10.2. The highest BCUT2D eigenvalue weighted by Gasteiger charge is 2.33. The summed E-state index contributed by atoms with van der Waals surface area (Å²) in [6.07, 6.45) is 7.52. The quantitative estimate of drug-likeness (QED) is 0.772. The number of hydrogen-bond acceptors (Lipinski definition) is 3. The van der Waals surface area contributed by atoms with Gasteiger partial charge < -0.3 is 19.9 Å². The van der Waals surface area contributed by atoms with Crippen molar-refractivity contribution in [2.75, 3.05) is 6.54 Å². The van der Waals surface area contributed by atoms with Crippen LogP contribution in [0.2, 0.25) is 0 Å². The zero-order valence-corrected chi connectivity index (χ0v) is 14.9. The summed E-state index contributed by atoms with van der Waals surface area (Å²) in [5, 5.41) is 6.48. The fourth-order valence-corrected chi connectivity index (χ4v) is 2.66. The zero-order valence-electron chi connectivity index (χ0n) is 14.9. The molecule has 1 amide bonds. The number of rotatable bonds is 8. The molecule has 1 aromatic heterocycles. The van der Waals surface area contributed by atoms with Gasteiger partial charge in [-0.15, -0.1) is 0 Å². The average Bonchev–Trinajstić information content (AvgIpc) is 3.18. The summed E-state index contributed by atoms with van der Waals surface area (Å²) >= 11 is 0. The Morgan fingerprint density at radius 1 is 1.43 bits per heavy atom. The molecular weight excluding hydrogens is 290 g/mol. The van der Waals surface area contributed by atoms with Crippen molar-refractivity contribution in [1.29, 1.82) is 0 Å². The number of amides is 1. The van der Waals surface area contributed by atoms with E-state index in [0.29, 0.717) is 5.92 Å². The largest absolute Gasteiger partial charge is 0.444 e. The van der Waals surface area contributed by atoms with Crippen LogP contribution in [0.1, 0.15) is 52.5 Å².